The average molecular weight is 285 g/mol. The lowest BCUT2D eigenvalue weighted by atomic mass is 9.69. The van der Waals surface area contributed by atoms with Gasteiger partial charge in [0.2, 0.25) is 5.91 Å². The molecular formula is C15H27NO4. The molecule has 0 aromatic rings. The van der Waals surface area contributed by atoms with Crippen molar-refractivity contribution >= 4 is 11.9 Å². The van der Waals surface area contributed by atoms with Crippen LogP contribution in [0.5, 0.6) is 0 Å². The van der Waals surface area contributed by atoms with Gasteiger partial charge in [-0.25, -0.2) is 4.79 Å². The summed E-state index contributed by atoms with van der Waals surface area (Å²) in [6, 6.07) is 0. The van der Waals surface area contributed by atoms with Gasteiger partial charge >= 0.3 is 5.97 Å². The monoisotopic (exact) mass is 285 g/mol. The van der Waals surface area contributed by atoms with E-state index in [9.17, 15) is 9.59 Å². The van der Waals surface area contributed by atoms with Crippen LogP contribution in [0.1, 0.15) is 46.5 Å². The van der Waals surface area contributed by atoms with E-state index in [2.05, 4.69) is 26.1 Å². The highest BCUT2D eigenvalue weighted by atomic mass is 16.5. The van der Waals surface area contributed by atoms with Crippen LogP contribution in [0.4, 0.5) is 0 Å². The Balaban J connectivity index is 2.38. The third-order valence-electron chi connectivity index (χ3n) is 4.34. The lowest BCUT2D eigenvalue weighted by Crippen LogP contribution is -2.41. The summed E-state index contributed by atoms with van der Waals surface area (Å²) in [6.07, 6.45) is 2.93. The topological polar surface area (TPSA) is 75.6 Å². The van der Waals surface area contributed by atoms with Crippen molar-refractivity contribution in [2.75, 3.05) is 13.7 Å². The predicted molar refractivity (Wildman–Crippen MR) is 76.3 cm³/mol. The van der Waals surface area contributed by atoms with Gasteiger partial charge in [-0.3, -0.25) is 4.79 Å². The molecule has 5 heteroatoms. The fourth-order valence-electron chi connectivity index (χ4n) is 2.83. The molecule has 20 heavy (non-hydrogen) atoms. The first-order valence-electron chi connectivity index (χ1n) is 7.29. The zero-order valence-electron chi connectivity index (χ0n) is 12.9. The standard InChI is InChI=1S/C15H27NO4/c1-15(2,3)11-7-5-10(6-8-11)13(17)16-9-12(20-4)14(18)19/h10-12H,5-9H2,1-4H3,(H,16,17)(H,18,19). The number of rotatable bonds is 5. The number of carboxylic acid groups (broad SMARTS) is 1. The minimum Gasteiger partial charge on any atom is -0.479 e. The van der Waals surface area contributed by atoms with Crippen molar-refractivity contribution in [2.45, 2.75) is 52.6 Å². The molecule has 116 valence electrons. The van der Waals surface area contributed by atoms with Crippen LogP contribution in [0.3, 0.4) is 0 Å². The molecule has 0 spiro atoms. The Labute approximate surface area is 121 Å². The van der Waals surface area contributed by atoms with Crippen molar-refractivity contribution in [1.82, 2.24) is 5.32 Å². The number of nitrogens with one attached hydrogen (secondary N) is 1. The molecule has 1 amide bonds. The van der Waals surface area contributed by atoms with Crippen molar-refractivity contribution < 1.29 is 19.4 Å². The van der Waals surface area contributed by atoms with E-state index in [4.69, 9.17) is 9.84 Å². The zero-order valence-corrected chi connectivity index (χ0v) is 12.9. The number of methoxy groups -OCH3 is 1. The molecule has 1 aliphatic rings. The van der Waals surface area contributed by atoms with E-state index in [0.29, 0.717) is 11.3 Å². The van der Waals surface area contributed by atoms with Crippen LogP contribution >= 0.6 is 0 Å². The Morgan fingerprint density at radius 2 is 1.80 bits per heavy atom. The number of hydrogen-bond donors (Lipinski definition) is 2. The van der Waals surface area contributed by atoms with Gasteiger partial charge in [-0.05, 0) is 37.0 Å². The number of ether oxygens (including phenoxy) is 1. The Bertz CT molecular complexity index is 340. The third kappa shape index (κ3) is 4.78. The van der Waals surface area contributed by atoms with Crippen LogP contribution in [0.25, 0.3) is 0 Å². The molecule has 0 radical (unpaired) electrons. The fraction of sp³-hybridized carbons (Fsp3) is 0.867. The van der Waals surface area contributed by atoms with Gasteiger partial charge in [-0.15, -0.1) is 0 Å². The fourth-order valence-corrected chi connectivity index (χ4v) is 2.83. The SMILES string of the molecule is COC(CNC(=O)C1CCC(C(C)(C)C)CC1)C(=O)O. The Kier molecular flexibility index (Phi) is 5.99. The molecule has 1 rings (SSSR count). The summed E-state index contributed by atoms with van der Waals surface area (Å²) in [5, 5.41) is 11.5. The molecule has 0 bridgehead atoms. The van der Waals surface area contributed by atoms with E-state index >= 15 is 0 Å². The third-order valence-corrected chi connectivity index (χ3v) is 4.34. The Morgan fingerprint density at radius 3 is 2.20 bits per heavy atom. The highest BCUT2D eigenvalue weighted by molar-refractivity contribution is 5.80. The summed E-state index contributed by atoms with van der Waals surface area (Å²) in [4.78, 5) is 22.8. The predicted octanol–water partition coefficient (Wildman–Crippen LogP) is 2.05. The van der Waals surface area contributed by atoms with Gasteiger partial charge in [-0.1, -0.05) is 20.8 Å². The van der Waals surface area contributed by atoms with Crippen LogP contribution < -0.4 is 5.32 Å². The summed E-state index contributed by atoms with van der Waals surface area (Å²) in [5.74, 6) is -0.415. The van der Waals surface area contributed by atoms with E-state index in [0.717, 1.165) is 25.7 Å². The van der Waals surface area contributed by atoms with Crippen LogP contribution in [0, 0.1) is 17.3 Å². The minimum absolute atomic E-state index is 0.0138. The summed E-state index contributed by atoms with van der Waals surface area (Å²) in [6.45, 7) is 6.76. The van der Waals surface area contributed by atoms with Crippen molar-refractivity contribution in [1.29, 1.82) is 0 Å². The first-order valence-corrected chi connectivity index (χ1v) is 7.29. The van der Waals surface area contributed by atoms with E-state index in [1.54, 1.807) is 0 Å². The van der Waals surface area contributed by atoms with E-state index in [1.165, 1.54) is 7.11 Å². The van der Waals surface area contributed by atoms with Gasteiger partial charge in [0.1, 0.15) is 0 Å². The molecule has 0 aromatic heterocycles. The van der Waals surface area contributed by atoms with E-state index in [1.807, 2.05) is 0 Å². The molecule has 0 heterocycles. The number of carboxylic acids is 1. The normalized spacial score (nSPS) is 25.0. The molecule has 2 N–H and O–H groups in total. The second kappa shape index (κ2) is 7.07. The van der Waals surface area contributed by atoms with Gasteiger partial charge in [0.25, 0.3) is 0 Å². The van der Waals surface area contributed by atoms with E-state index < -0.39 is 12.1 Å². The summed E-state index contributed by atoms with van der Waals surface area (Å²) < 4.78 is 4.80. The van der Waals surface area contributed by atoms with Crippen LogP contribution in [-0.2, 0) is 14.3 Å². The minimum atomic E-state index is -1.05. The molecule has 1 unspecified atom stereocenters. The molecule has 1 aliphatic carbocycles. The zero-order chi connectivity index (χ0) is 15.3. The number of hydrogen-bond acceptors (Lipinski definition) is 3. The molecular weight excluding hydrogens is 258 g/mol. The maximum Gasteiger partial charge on any atom is 0.334 e. The van der Waals surface area contributed by atoms with Crippen molar-refractivity contribution in [3.63, 3.8) is 0 Å². The van der Waals surface area contributed by atoms with Gasteiger partial charge in [0.05, 0.1) is 6.54 Å². The molecule has 1 atom stereocenters. The molecule has 0 aliphatic heterocycles. The lowest BCUT2D eigenvalue weighted by Gasteiger charge is -2.36. The summed E-state index contributed by atoms with van der Waals surface area (Å²) in [5.41, 5.74) is 0.298. The first kappa shape index (κ1) is 17.0. The first-order chi connectivity index (χ1) is 9.25. The van der Waals surface area contributed by atoms with Crippen molar-refractivity contribution in [3.05, 3.63) is 0 Å². The molecule has 5 nitrogen and oxygen atoms in total. The number of carbonyl (C=O) groups is 2. The van der Waals surface area contributed by atoms with Crippen molar-refractivity contribution in [3.8, 4) is 0 Å². The van der Waals surface area contributed by atoms with Crippen LogP contribution in [0.2, 0.25) is 0 Å². The maximum atomic E-state index is 12.0. The largest absolute Gasteiger partial charge is 0.479 e. The summed E-state index contributed by atoms with van der Waals surface area (Å²) in [7, 11) is 1.33. The van der Waals surface area contributed by atoms with E-state index in [-0.39, 0.29) is 18.4 Å². The maximum absolute atomic E-state index is 12.0. The molecule has 1 saturated carbocycles. The van der Waals surface area contributed by atoms with Crippen LogP contribution in [-0.4, -0.2) is 36.7 Å². The van der Waals surface area contributed by atoms with Gasteiger partial charge in [-0.2, -0.15) is 0 Å². The summed E-state index contributed by atoms with van der Waals surface area (Å²) >= 11 is 0. The Morgan fingerprint density at radius 1 is 1.25 bits per heavy atom. The highest BCUT2D eigenvalue weighted by Crippen LogP contribution is 2.39. The molecule has 1 fully saturated rings. The Hall–Kier alpha value is -1.10. The van der Waals surface area contributed by atoms with Gasteiger partial charge in [0, 0.05) is 13.0 Å². The quantitative estimate of drug-likeness (QED) is 0.810. The number of aliphatic carboxylic acids is 1. The second-order valence-corrected chi connectivity index (χ2v) is 6.72. The number of carbonyl (C=O) groups excluding carboxylic acids is 1. The molecule has 0 saturated heterocycles. The average Bonchev–Trinajstić information content (AvgIpc) is 2.38. The van der Waals surface area contributed by atoms with Crippen molar-refractivity contribution in [2.24, 2.45) is 17.3 Å². The van der Waals surface area contributed by atoms with Crippen LogP contribution in [0.15, 0.2) is 0 Å². The molecule has 0 aromatic carbocycles. The number of amides is 1. The second-order valence-electron chi connectivity index (χ2n) is 6.72. The van der Waals surface area contributed by atoms with Gasteiger partial charge < -0.3 is 15.2 Å². The lowest BCUT2D eigenvalue weighted by molar-refractivity contribution is -0.148. The highest BCUT2D eigenvalue weighted by Gasteiger charge is 2.32. The smallest absolute Gasteiger partial charge is 0.334 e. The van der Waals surface area contributed by atoms with Gasteiger partial charge in [0.15, 0.2) is 6.10 Å².